The number of hydrogen-bond acceptors (Lipinski definition) is 5. The maximum atomic E-state index is 12.8. The predicted octanol–water partition coefficient (Wildman–Crippen LogP) is 2.26. The van der Waals surface area contributed by atoms with E-state index in [1.54, 1.807) is 31.4 Å². The maximum Gasteiger partial charge on any atom is 0.243 e. The van der Waals surface area contributed by atoms with Gasteiger partial charge in [-0.1, -0.05) is 6.07 Å². The molecule has 7 nitrogen and oxygen atoms in total. The number of benzene rings is 2. The first-order valence-electron chi connectivity index (χ1n) is 9.53. The molecule has 1 amide bonds. The minimum absolute atomic E-state index is 0.0975. The van der Waals surface area contributed by atoms with Gasteiger partial charge in [-0.3, -0.25) is 9.69 Å². The molecular weight excluding hydrogens is 390 g/mol. The third-order valence-corrected chi connectivity index (χ3v) is 7.10. The number of nitrogens with zero attached hydrogens (tertiary/aromatic N) is 2. The van der Waals surface area contributed by atoms with Crippen LogP contribution in [0.2, 0.25) is 0 Å². The van der Waals surface area contributed by atoms with Crippen LogP contribution < -0.4 is 10.1 Å². The smallest absolute Gasteiger partial charge is 0.243 e. The Balaban J connectivity index is 1.54. The van der Waals surface area contributed by atoms with Gasteiger partial charge in [0.15, 0.2) is 0 Å². The molecule has 1 aliphatic rings. The highest BCUT2D eigenvalue weighted by molar-refractivity contribution is 7.89. The van der Waals surface area contributed by atoms with E-state index in [2.05, 4.69) is 5.32 Å². The lowest BCUT2D eigenvalue weighted by molar-refractivity contribution is -0.117. The number of rotatable bonds is 6. The number of nitrogens with one attached hydrogen (secondary N) is 1. The predicted molar refractivity (Wildman–Crippen MR) is 113 cm³/mol. The Morgan fingerprint density at radius 2 is 1.66 bits per heavy atom. The molecule has 8 heteroatoms. The summed E-state index contributed by atoms with van der Waals surface area (Å²) in [5, 5.41) is 2.91. The van der Waals surface area contributed by atoms with E-state index in [9.17, 15) is 13.2 Å². The molecule has 1 saturated heterocycles. The summed E-state index contributed by atoms with van der Waals surface area (Å²) in [5.74, 6) is 0.517. The Hall–Kier alpha value is -2.42. The molecule has 0 saturated carbocycles. The number of sulfonamides is 1. The second-order valence-corrected chi connectivity index (χ2v) is 9.14. The second kappa shape index (κ2) is 8.94. The van der Waals surface area contributed by atoms with Crippen molar-refractivity contribution in [1.82, 2.24) is 9.21 Å². The van der Waals surface area contributed by atoms with Crippen molar-refractivity contribution < 1.29 is 17.9 Å². The van der Waals surface area contributed by atoms with Crippen molar-refractivity contribution in [1.29, 1.82) is 0 Å². The molecule has 0 radical (unpaired) electrons. The van der Waals surface area contributed by atoms with E-state index in [1.165, 1.54) is 9.87 Å². The lowest BCUT2D eigenvalue weighted by Crippen LogP contribution is -2.50. The summed E-state index contributed by atoms with van der Waals surface area (Å²) in [5.41, 5.74) is 3.08. The van der Waals surface area contributed by atoms with Crippen molar-refractivity contribution in [2.45, 2.75) is 18.7 Å². The number of carbonyl (C=O) groups is 1. The van der Waals surface area contributed by atoms with E-state index < -0.39 is 10.0 Å². The Labute approximate surface area is 172 Å². The normalized spacial score (nSPS) is 15.8. The first-order chi connectivity index (χ1) is 13.8. The van der Waals surface area contributed by atoms with Gasteiger partial charge in [-0.25, -0.2) is 8.42 Å². The molecule has 2 aromatic rings. The van der Waals surface area contributed by atoms with Crippen molar-refractivity contribution in [3.63, 3.8) is 0 Å². The standard InChI is InChI=1S/C21H27N3O4S/c1-16-4-5-18(14-17(16)2)22-21(25)15-23-10-12-24(13-11-23)29(26,27)20-8-6-19(28-3)7-9-20/h4-9,14H,10-13,15H2,1-3H3,(H,22,25). The number of piperazine rings is 1. The third-order valence-electron chi connectivity index (χ3n) is 5.19. The number of ether oxygens (including phenoxy) is 1. The average molecular weight is 418 g/mol. The van der Waals surface area contributed by atoms with Crippen molar-refractivity contribution >= 4 is 21.6 Å². The third kappa shape index (κ3) is 5.14. The van der Waals surface area contributed by atoms with Crippen LogP contribution in [-0.4, -0.2) is 63.4 Å². The Morgan fingerprint density at radius 3 is 2.24 bits per heavy atom. The molecule has 0 spiro atoms. The zero-order valence-corrected chi connectivity index (χ0v) is 17.8. The van der Waals surface area contributed by atoms with Crippen LogP contribution in [-0.2, 0) is 14.8 Å². The molecule has 0 atom stereocenters. The fraction of sp³-hybridized carbons (Fsp3) is 0.381. The summed E-state index contributed by atoms with van der Waals surface area (Å²) in [6.45, 7) is 6.00. The fourth-order valence-corrected chi connectivity index (χ4v) is 4.67. The number of carbonyl (C=O) groups excluding carboxylic acids is 1. The van der Waals surface area contributed by atoms with Gasteiger partial charge in [-0.2, -0.15) is 4.31 Å². The summed E-state index contributed by atoms with van der Waals surface area (Å²) in [7, 11) is -2.01. The van der Waals surface area contributed by atoms with E-state index in [4.69, 9.17) is 4.74 Å². The number of amides is 1. The van der Waals surface area contributed by atoms with Gasteiger partial charge in [-0.05, 0) is 61.4 Å². The van der Waals surface area contributed by atoms with Crippen LogP contribution >= 0.6 is 0 Å². The Bertz CT molecular complexity index is 966. The van der Waals surface area contributed by atoms with Gasteiger partial charge in [0, 0.05) is 31.9 Å². The first-order valence-corrected chi connectivity index (χ1v) is 11.0. The van der Waals surface area contributed by atoms with Gasteiger partial charge in [-0.15, -0.1) is 0 Å². The minimum atomic E-state index is -3.55. The van der Waals surface area contributed by atoms with Crippen molar-refractivity contribution in [2.24, 2.45) is 0 Å². The van der Waals surface area contributed by atoms with Gasteiger partial charge in [0.1, 0.15) is 5.75 Å². The molecule has 156 valence electrons. The highest BCUT2D eigenvalue weighted by atomic mass is 32.2. The average Bonchev–Trinajstić information content (AvgIpc) is 2.71. The molecule has 1 N–H and O–H groups in total. The maximum absolute atomic E-state index is 12.8. The van der Waals surface area contributed by atoms with Gasteiger partial charge >= 0.3 is 0 Å². The molecule has 1 aliphatic heterocycles. The van der Waals surface area contributed by atoms with Gasteiger partial charge in [0.2, 0.25) is 15.9 Å². The van der Waals surface area contributed by atoms with Gasteiger partial charge < -0.3 is 10.1 Å². The van der Waals surface area contributed by atoms with Crippen LogP contribution in [0.4, 0.5) is 5.69 Å². The lowest BCUT2D eigenvalue weighted by atomic mass is 10.1. The van der Waals surface area contributed by atoms with E-state index in [1.807, 2.05) is 36.9 Å². The van der Waals surface area contributed by atoms with Crippen LogP contribution in [0.15, 0.2) is 47.4 Å². The van der Waals surface area contributed by atoms with Crippen LogP contribution in [0, 0.1) is 13.8 Å². The summed E-state index contributed by atoms with van der Waals surface area (Å²) in [4.78, 5) is 14.6. The Morgan fingerprint density at radius 1 is 1.00 bits per heavy atom. The number of anilines is 1. The van der Waals surface area contributed by atoms with Crippen LogP contribution in [0.1, 0.15) is 11.1 Å². The monoisotopic (exact) mass is 417 g/mol. The Kier molecular flexibility index (Phi) is 6.56. The molecule has 0 bridgehead atoms. The summed E-state index contributed by atoms with van der Waals surface area (Å²) >= 11 is 0. The van der Waals surface area contributed by atoms with Crippen LogP contribution in [0.3, 0.4) is 0 Å². The topological polar surface area (TPSA) is 79.0 Å². The largest absolute Gasteiger partial charge is 0.497 e. The van der Waals surface area contributed by atoms with E-state index in [0.29, 0.717) is 31.9 Å². The zero-order valence-electron chi connectivity index (χ0n) is 17.0. The zero-order chi connectivity index (χ0) is 21.0. The lowest BCUT2D eigenvalue weighted by Gasteiger charge is -2.33. The van der Waals surface area contributed by atoms with E-state index in [-0.39, 0.29) is 17.3 Å². The van der Waals surface area contributed by atoms with Gasteiger partial charge in [0.05, 0.1) is 18.6 Å². The molecule has 29 heavy (non-hydrogen) atoms. The minimum Gasteiger partial charge on any atom is -0.497 e. The number of methoxy groups -OCH3 is 1. The summed E-state index contributed by atoms with van der Waals surface area (Å²) in [6, 6.07) is 12.2. The highest BCUT2D eigenvalue weighted by Gasteiger charge is 2.29. The molecule has 0 unspecified atom stereocenters. The fourth-order valence-electron chi connectivity index (χ4n) is 3.25. The van der Waals surface area contributed by atoms with Crippen molar-refractivity contribution in [3.8, 4) is 5.75 Å². The summed E-state index contributed by atoms with van der Waals surface area (Å²) < 4.78 is 32.2. The SMILES string of the molecule is COc1ccc(S(=O)(=O)N2CCN(CC(=O)Nc3ccc(C)c(C)c3)CC2)cc1. The van der Waals surface area contributed by atoms with Crippen LogP contribution in [0.25, 0.3) is 0 Å². The quantitative estimate of drug-likeness (QED) is 0.780. The van der Waals surface area contributed by atoms with E-state index in [0.717, 1.165) is 11.3 Å². The molecule has 2 aromatic carbocycles. The van der Waals surface area contributed by atoms with Gasteiger partial charge in [0.25, 0.3) is 0 Å². The van der Waals surface area contributed by atoms with E-state index >= 15 is 0 Å². The molecule has 0 aromatic heterocycles. The molecule has 0 aliphatic carbocycles. The number of hydrogen-bond donors (Lipinski definition) is 1. The molecular formula is C21H27N3O4S. The molecule has 3 rings (SSSR count). The highest BCUT2D eigenvalue weighted by Crippen LogP contribution is 2.21. The van der Waals surface area contributed by atoms with Crippen LogP contribution in [0.5, 0.6) is 5.75 Å². The van der Waals surface area contributed by atoms with Crippen molar-refractivity contribution in [3.05, 3.63) is 53.6 Å². The molecule has 1 fully saturated rings. The van der Waals surface area contributed by atoms with Crippen molar-refractivity contribution in [2.75, 3.05) is 45.2 Å². The molecule has 1 heterocycles. The number of aryl methyl sites for hydroxylation is 2. The first kappa shape index (κ1) is 21.3. The second-order valence-electron chi connectivity index (χ2n) is 7.20. The summed E-state index contributed by atoms with van der Waals surface area (Å²) in [6.07, 6.45) is 0.